The molecule has 0 atom stereocenters. The molecule has 0 aliphatic carbocycles. The van der Waals surface area contributed by atoms with Gasteiger partial charge in [0.2, 0.25) is 0 Å². The van der Waals surface area contributed by atoms with Crippen LogP contribution in [-0.4, -0.2) is 32.7 Å². The fourth-order valence-corrected chi connectivity index (χ4v) is 1.84. The van der Waals surface area contributed by atoms with Crippen molar-refractivity contribution in [2.24, 2.45) is 5.73 Å². The number of hydrogen-bond acceptors (Lipinski definition) is 6. The maximum absolute atomic E-state index is 11.3. The van der Waals surface area contributed by atoms with Crippen LogP contribution in [0.15, 0.2) is 41.5 Å². The van der Waals surface area contributed by atoms with Gasteiger partial charge < -0.3 is 15.8 Å². The first-order chi connectivity index (χ1) is 10.3. The number of ether oxygens (including phenoxy) is 1. The SMILES string of the molecule is NCCOc1ccc(Nc2cc3n[nH]c(=O)n3cn2)cc1. The van der Waals surface area contributed by atoms with Crippen molar-refractivity contribution in [2.45, 2.75) is 0 Å². The molecule has 0 aliphatic heterocycles. The number of fused-ring (bicyclic) bond motifs is 1. The smallest absolute Gasteiger partial charge is 0.348 e. The summed E-state index contributed by atoms with van der Waals surface area (Å²) in [7, 11) is 0. The largest absolute Gasteiger partial charge is 0.492 e. The lowest BCUT2D eigenvalue weighted by Gasteiger charge is -2.07. The summed E-state index contributed by atoms with van der Waals surface area (Å²) in [6.07, 6.45) is 1.42. The molecule has 0 saturated carbocycles. The van der Waals surface area contributed by atoms with E-state index in [0.29, 0.717) is 24.6 Å². The van der Waals surface area contributed by atoms with Gasteiger partial charge in [0.25, 0.3) is 0 Å². The number of rotatable bonds is 5. The zero-order valence-electron chi connectivity index (χ0n) is 11.1. The second-order valence-corrected chi connectivity index (χ2v) is 4.32. The first kappa shape index (κ1) is 13.1. The highest BCUT2D eigenvalue weighted by Gasteiger charge is 2.03. The van der Waals surface area contributed by atoms with E-state index in [9.17, 15) is 4.79 Å². The lowest BCUT2D eigenvalue weighted by atomic mass is 10.3. The van der Waals surface area contributed by atoms with E-state index in [4.69, 9.17) is 10.5 Å². The van der Waals surface area contributed by atoms with Gasteiger partial charge in [-0.05, 0) is 24.3 Å². The van der Waals surface area contributed by atoms with E-state index in [2.05, 4.69) is 20.5 Å². The summed E-state index contributed by atoms with van der Waals surface area (Å²) in [6.45, 7) is 0.964. The molecule has 0 bridgehead atoms. The topological polar surface area (TPSA) is 110 Å². The lowest BCUT2D eigenvalue weighted by molar-refractivity contribution is 0.328. The summed E-state index contributed by atoms with van der Waals surface area (Å²) < 4.78 is 6.73. The van der Waals surface area contributed by atoms with Gasteiger partial charge in [0.1, 0.15) is 24.5 Å². The molecule has 108 valence electrons. The number of anilines is 2. The quantitative estimate of drug-likeness (QED) is 0.630. The number of hydrogen-bond donors (Lipinski definition) is 3. The summed E-state index contributed by atoms with van der Waals surface area (Å²) >= 11 is 0. The molecular weight excluding hydrogens is 272 g/mol. The fraction of sp³-hybridized carbons (Fsp3) is 0.154. The van der Waals surface area contributed by atoms with Crippen molar-refractivity contribution in [2.75, 3.05) is 18.5 Å². The van der Waals surface area contributed by atoms with Crippen LogP contribution in [0.5, 0.6) is 5.75 Å². The number of H-pyrrole nitrogens is 1. The Bertz CT molecular complexity index is 792. The number of aromatic amines is 1. The van der Waals surface area contributed by atoms with Gasteiger partial charge in [-0.2, -0.15) is 5.10 Å². The Morgan fingerprint density at radius 3 is 2.90 bits per heavy atom. The van der Waals surface area contributed by atoms with Crippen molar-refractivity contribution in [3.05, 3.63) is 47.1 Å². The van der Waals surface area contributed by atoms with Gasteiger partial charge >= 0.3 is 5.69 Å². The average molecular weight is 286 g/mol. The van der Waals surface area contributed by atoms with Crippen molar-refractivity contribution >= 4 is 17.2 Å². The monoisotopic (exact) mass is 286 g/mol. The molecule has 0 radical (unpaired) electrons. The van der Waals surface area contributed by atoms with Gasteiger partial charge in [-0.25, -0.2) is 19.3 Å². The van der Waals surface area contributed by atoms with Crippen LogP contribution in [0.25, 0.3) is 5.65 Å². The normalized spacial score (nSPS) is 10.7. The van der Waals surface area contributed by atoms with Crippen LogP contribution in [0.3, 0.4) is 0 Å². The molecule has 0 aliphatic rings. The van der Waals surface area contributed by atoms with Crippen LogP contribution < -0.4 is 21.5 Å². The minimum absolute atomic E-state index is 0.314. The molecule has 21 heavy (non-hydrogen) atoms. The minimum atomic E-state index is -0.314. The Morgan fingerprint density at radius 2 is 2.14 bits per heavy atom. The van der Waals surface area contributed by atoms with Crippen molar-refractivity contribution in [1.82, 2.24) is 19.6 Å². The molecule has 2 aromatic heterocycles. The molecule has 3 rings (SSSR count). The Morgan fingerprint density at radius 1 is 1.33 bits per heavy atom. The molecule has 8 nitrogen and oxygen atoms in total. The Labute approximate surface area is 119 Å². The van der Waals surface area contributed by atoms with Gasteiger partial charge in [0.05, 0.1) is 0 Å². The lowest BCUT2D eigenvalue weighted by Crippen LogP contribution is -2.10. The van der Waals surface area contributed by atoms with E-state index >= 15 is 0 Å². The van der Waals surface area contributed by atoms with Gasteiger partial charge in [-0.15, -0.1) is 0 Å². The van der Waals surface area contributed by atoms with Crippen molar-refractivity contribution < 1.29 is 4.74 Å². The molecule has 0 amide bonds. The van der Waals surface area contributed by atoms with Gasteiger partial charge in [0, 0.05) is 18.3 Å². The van der Waals surface area contributed by atoms with Crippen LogP contribution in [0.1, 0.15) is 0 Å². The Balaban J connectivity index is 1.76. The predicted molar refractivity (Wildman–Crippen MR) is 77.9 cm³/mol. The second-order valence-electron chi connectivity index (χ2n) is 4.32. The van der Waals surface area contributed by atoms with Gasteiger partial charge in [-0.1, -0.05) is 0 Å². The van der Waals surface area contributed by atoms with Gasteiger partial charge in [0.15, 0.2) is 5.65 Å². The molecule has 0 saturated heterocycles. The molecule has 2 heterocycles. The average Bonchev–Trinajstić information content (AvgIpc) is 2.87. The van der Waals surface area contributed by atoms with Crippen molar-refractivity contribution in [3.8, 4) is 5.75 Å². The highest BCUT2D eigenvalue weighted by atomic mass is 16.5. The highest BCUT2D eigenvalue weighted by molar-refractivity contribution is 5.60. The number of nitrogens with zero attached hydrogens (tertiary/aromatic N) is 3. The second kappa shape index (κ2) is 5.63. The third-order valence-corrected chi connectivity index (χ3v) is 2.82. The zero-order chi connectivity index (χ0) is 14.7. The van der Waals surface area contributed by atoms with E-state index in [-0.39, 0.29) is 5.69 Å². The summed E-state index contributed by atoms with van der Waals surface area (Å²) in [6, 6.07) is 9.10. The molecule has 8 heteroatoms. The van der Waals surface area contributed by atoms with E-state index < -0.39 is 0 Å². The molecule has 1 aromatic carbocycles. The van der Waals surface area contributed by atoms with Crippen molar-refractivity contribution in [3.63, 3.8) is 0 Å². The summed E-state index contributed by atoms with van der Waals surface area (Å²) in [5.41, 5.74) is 6.41. The highest BCUT2D eigenvalue weighted by Crippen LogP contribution is 2.19. The minimum Gasteiger partial charge on any atom is -0.492 e. The molecule has 0 fully saturated rings. The number of nitrogens with one attached hydrogen (secondary N) is 2. The number of aromatic nitrogens is 4. The van der Waals surface area contributed by atoms with E-state index in [1.807, 2.05) is 24.3 Å². The first-order valence-electron chi connectivity index (χ1n) is 6.39. The third kappa shape index (κ3) is 2.84. The maximum Gasteiger partial charge on any atom is 0.348 e. The molecular formula is C13H14N6O2. The Kier molecular flexibility index (Phi) is 3.52. The number of nitrogens with two attached hydrogens (primary N) is 1. The number of benzene rings is 1. The van der Waals surface area contributed by atoms with E-state index in [0.717, 1.165) is 11.4 Å². The molecule has 3 aromatic rings. The van der Waals surface area contributed by atoms with Crippen LogP contribution >= 0.6 is 0 Å². The fourth-order valence-electron chi connectivity index (χ4n) is 1.84. The molecule has 4 N–H and O–H groups in total. The first-order valence-corrected chi connectivity index (χ1v) is 6.39. The van der Waals surface area contributed by atoms with E-state index in [1.54, 1.807) is 6.07 Å². The van der Waals surface area contributed by atoms with E-state index in [1.165, 1.54) is 10.7 Å². The maximum atomic E-state index is 11.3. The molecule has 0 unspecified atom stereocenters. The summed E-state index contributed by atoms with van der Waals surface area (Å²) in [5.74, 6) is 1.35. The summed E-state index contributed by atoms with van der Waals surface area (Å²) in [5, 5.41) is 9.37. The van der Waals surface area contributed by atoms with Crippen molar-refractivity contribution in [1.29, 1.82) is 0 Å². The Hall–Kier alpha value is -2.87. The van der Waals surface area contributed by atoms with Crippen LogP contribution in [0.2, 0.25) is 0 Å². The summed E-state index contributed by atoms with van der Waals surface area (Å²) in [4.78, 5) is 15.5. The van der Waals surface area contributed by atoms with Crippen LogP contribution in [0.4, 0.5) is 11.5 Å². The predicted octanol–water partition coefficient (Wildman–Crippen LogP) is 0.499. The van der Waals surface area contributed by atoms with Crippen LogP contribution in [-0.2, 0) is 0 Å². The zero-order valence-corrected chi connectivity index (χ0v) is 11.1. The standard InChI is InChI=1S/C13H14N6O2/c14-5-6-21-10-3-1-9(2-4-10)16-11-7-12-17-18-13(20)19(12)8-15-11/h1-4,7-8,16H,5-6,14H2,(H,18,20). The van der Waals surface area contributed by atoms with Gasteiger partial charge in [-0.3, -0.25) is 0 Å². The molecule has 0 spiro atoms. The van der Waals surface area contributed by atoms with Crippen LogP contribution in [0, 0.1) is 0 Å². The third-order valence-electron chi connectivity index (χ3n) is 2.82.